The van der Waals surface area contributed by atoms with Crippen LogP contribution in [0.3, 0.4) is 0 Å². The first-order chi connectivity index (χ1) is 8.25. The van der Waals surface area contributed by atoms with Gasteiger partial charge in [-0.3, -0.25) is 4.79 Å². The van der Waals surface area contributed by atoms with Gasteiger partial charge in [-0.2, -0.15) is 5.10 Å². The maximum Gasteiger partial charge on any atom is 0.271 e. The fourth-order valence-corrected chi connectivity index (χ4v) is 1.28. The third kappa shape index (κ3) is 3.04. The molecule has 2 aromatic rings. The fraction of sp³-hybridized carbons (Fsp3) is 0.0769. The molecule has 4 heteroatoms. The van der Waals surface area contributed by atoms with Crippen LogP contribution in [0.15, 0.2) is 52.4 Å². The van der Waals surface area contributed by atoms with Gasteiger partial charge in [-0.15, -0.1) is 0 Å². The van der Waals surface area contributed by atoms with Crippen molar-refractivity contribution in [2.24, 2.45) is 5.10 Å². The van der Waals surface area contributed by atoms with Crippen LogP contribution in [0.5, 0.6) is 0 Å². The lowest BCUT2D eigenvalue weighted by Gasteiger charge is -1.99. The smallest absolute Gasteiger partial charge is 0.271 e. The van der Waals surface area contributed by atoms with E-state index in [0.29, 0.717) is 5.56 Å². The Labute approximate surface area is 99.0 Å². The molecule has 0 aliphatic carbocycles. The highest BCUT2D eigenvalue weighted by molar-refractivity contribution is 5.94. The predicted molar refractivity (Wildman–Crippen MR) is 64.9 cm³/mol. The minimum Gasteiger partial charge on any atom is -0.472 e. The van der Waals surface area contributed by atoms with Crippen LogP contribution < -0.4 is 5.43 Å². The van der Waals surface area contributed by atoms with Crippen LogP contribution in [-0.4, -0.2) is 12.1 Å². The molecule has 0 saturated heterocycles. The Morgan fingerprint density at radius 1 is 1.29 bits per heavy atom. The Hall–Kier alpha value is -2.36. The number of hydrazone groups is 1. The average Bonchev–Trinajstić information content (AvgIpc) is 2.83. The minimum atomic E-state index is -0.232. The quantitative estimate of drug-likeness (QED) is 0.647. The zero-order valence-corrected chi connectivity index (χ0v) is 9.38. The molecule has 0 spiro atoms. The molecule has 0 bridgehead atoms. The number of nitrogens with one attached hydrogen (secondary N) is 1. The molecule has 4 nitrogen and oxygen atoms in total. The SMILES string of the molecule is Cc1ccc(C(=O)NN=Cc2ccoc2)cc1. The molecular formula is C13H12N2O2. The first-order valence-electron chi connectivity index (χ1n) is 5.18. The zero-order valence-electron chi connectivity index (χ0n) is 9.38. The molecule has 1 aromatic carbocycles. The molecule has 1 amide bonds. The Morgan fingerprint density at radius 3 is 2.71 bits per heavy atom. The van der Waals surface area contributed by atoms with Crippen LogP contribution in [0.1, 0.15) is 21.5 Å². The number of benzene rings is 1. The van der Waals surface area contributed by atoms with Gasteiger partial charge in [0.05, 0.1) is 18.7 Å². The summed E-state index contributed by atoms with van der Waals surface area (Å²) in [5.74, 6) is -0.232. The monoisotopic (exact) mass is 228 g/mol. The van der Waals surface area contributed by atoms with Crippen LogP contribution in [0.2, 0.25) is 0 Å². The van der Waals surface area contributed by atoms with Crippen LogP contribution >= 0.6 is 0 Å². The van der Waals surface area contributed by atoms with Crippen molar-refractivity contribution in [3.05, 3.63) is 59.5 Å². The van der Waals surface area contributed by atoms with Gasteiger partial charge < -0.3 is 4.42 Å². The highest BCUT2D eigenvalue weighted by Crippen LogP contribution is 2.02. The van der Waals surface area contributed by atoms with Gasteiger partial charge in [0.25, 0.3) is 5.91 Å². The molecule has 0 radical (unpaired) electrons. The van der Waals surface area contributed by atoms with E-state index in [4.69, 9.17) is 4.42 Å². The maximum atomic E-state index is 11.6. The molecule has 0 unspecified atom stereocenters. The van der Waals surface area contributed by atoms with E-state index in [2.05, 4.69) is 10.5 Å². The first kappa shape index (κ1) is 11.1. The Balaban J connectivity index is 1.96. The summed E-state index contributed by atoms with van der Waals surface area (Å²) in [5.41, 5.74) is 4.94. The fourth-order valence-electron chi connectivity index (χ4n) is 1.28. The van der Waals surface area contributed by atoms with Crippen LogP contribution in [0, 0.1) is 6.92 Å². The molecule has 0 fully saturated rings. The molecule has 1 heterocycles. The third-order valence-corrected chi connectivity index (χ3v) is 2.24. The van der Waals surface area contributed by atoms with Crippen molar-refractivity contribution in [2.75, 3.05) is 0 Å². The minimum absolute atomic E-state index is 0.232. The molecule has 0 aliphatic heterocycles. The van der Waals surface area contributed by atoms with Gasteiger partial charge >= 0.3 is 0 Å². The number of hydrogen-bond acceptors (Lipinski definition) is 3. The number of carbonyl (C=O) groups is 1. The van der Waals surface area contributed by atoms with Crippen molar-refractivity contribution in [3.8, 4) is 0 Å². The summed E-state index contributed by atoms with van der Waals surface area (Å²) in [4.78, 5) is 11.6. The summed E-state index contributed by atoms with van der Waals surface area (Å²) < 4.78 is 4.87. The zero-order chi connectivity index (χ0) is 12.1. The highest BCUT2D eigenvalue weighted by Gasteiger charge is 2.02. The van der Waals surface area contributed by atoms with Gasteiger partial charge in [0, 0.05) is 11.1 Å². The second kappa shape index (κ2) is 5.12. The Bertz CT molecular complexity index is 513. The van der Waals surface area contributed by atoms with Crippen molar-refractivity contribution in [2.45, 2.75) is 6.92 Å². The van der Waals surface area contributed by atoms with Gasteiger partial charge in [-0.1, -0.05) is 17.7 Å². The number of hydrogen-bond donors (Lipinski definition) is 1. The summed E-state index contributed by atoms with van der Waals surface area (Å²) >= 11 is 0. The van der Waals surface area contributed by atoms with E-state index < -0.39 is 0 Å². The molecule has 2 rings (SSSR count). The van der Waals surface area contributed by atoms with Crippen LogP contribution in [0.4, 0.5) is 0 Å². The van der Waals surface area contributed by atoms with Crippen LogP contribution in [0.25, 0.3) is 0 Å². The number of carbonyl (C=O) groups excluding carboxylic acids is 1. The molecule has 1 aromatic heterocycles. The molecule has 0 atom stereocenters. The Kier molecular flexibility index (Phi) is 3.35. The van der Waals surface area contributed by atoms with Gasteiger partial charge in [-0.25, -0.2) is 5.43 Å². The number of aryl methyl sites for hydroxylation is 1. The third-order valence-electron chi connectivity index (χ3n) is 2.24. The van der Waals surface area contributed by atoms with E-state index in [9.17, 15) is 4.79 Å². The number of furan rings is 1. The normalized spacial score (nSPS) is 10.6. The summed E-state index contributed by atoms with van der Waals surface area (Å²) in [5, 5.41) is 3.83. The average molecular weight is 228 g/mol. The van der Waals surface area contributed by atoms with Crippen LogP contribution in [-0.2, 0) is 0 Å². The summed E-state index contributed by atoms with van der Waals surface area (Å²) in [6.45, 7) is 1.97. The molecule has 0 saturated carbocycles. The van der Waals surface area contributed by atoms with E-state index in [1.54, 1.807) is 30.7 Å². The molecular weight excluding hydrogens is 216 g/mol. The summed E-state index contributed by atoms with van der Waals surface area (Å²) in [6, 6.07) is 9.04. The second-order valence-electron chi connectivity index (χ2n) is 3.62. The summed E-state index contributed by atoms with van der Waals surface area (Å²) in [7, 11) is 0. The lowest BCUT2D eigenvalue weighted by molar-refractivity contribution is 0.0955. The largest absolute Gasteiger partial charge is 0.472 e. The van der Waals surface area contributed by atoms with E-state index >= 15 is 0 Å². The standard InChI is InChI=1S/C13H12N2O2/c1-10-2-4-12(5-3-10)13(16)15-14-8-11-6-7-17-9-11/h2-9H,1H3,(H,15,16). The first-order valence-corrected chi connectivity index (χ1v) is 5.18. The van der Waals surface area contributed by atoms with Crippen molar-refractivity contribution in [3.63, 3.8) is 0 Å². The van der Waals surface area contributed by atoms with Crippen molar-refractivity contribution in [1.29, 1.82) is 0 Å². The highest BCUT2D eigenvalue weighted by atomic mass is 16.3. The van der Waals surface area contributed by atoms with E-state index in [1.165, 1.54) is 6.21 Å². The second-order valence-corrected chi connectivity index (χ2v) is 3.62. The van der Waals surface area contributed by atoms with Crippen molar-refractivity contribution in [1.82, 2.24) is 5.43 Å². The van der Waals surface area contributed by atoms with Crippen molar-refractivity contribution >= 4 is 12.1 Å². The Morgan fingerprint density at radius 2 is 2.06 bits per heavy atom. The molecule has 86 valence electrons. The maximum absolute atomic E-state index is 11.6. The van der Waals surface area contributed by atoms with Gasteiger partial charge in [0.1, 0.15) is 0 Å². The summed E-state index contributed by atoms with van der Waals surface area (Å²) in [6.07, 6.45) is 4.61. The molecule has 1 N–H and O–H groups in total. The number of amides is 1. The lowest BCUT2D eigenvalue weighted by atomic mass is 10.1. The van der Waals surface area contributed by atoms with E-state index in [1.807, 2.05) is 19.1 Å². The lowest BCUT2D eigenvalue weighted by Crippen LogP contribution is -2.17. The molecule has 0 aliphatic rings. The van der Waals surface area contributed by atoms with E-state index in [-0.39, 0.29) is 5.91 Å². The van der Waals surface area contributed by atoms with Crippen molar-refractivity contribution < 1.29 is 9.21 Å². The predicted octanol–water partition coefficient (Wildman–Crippen LogP) is 2.35. The topological polar surface area (TPSA) is 54.6 Å². The van der Waals surface area contributed by atoms with Gasteiger partial charge in [0.2, 0.25) is 0 Å². The number of rotatable bonds is 3. The van der Waals surface area contributed by atoms with Gasteiger partial charge in [0.15, 0.2) is 0 Å². The number of nitrogens with zero attached hydrogens (tertiary/aromatic N) is 1. The molecule has 17 heavy (non-hydrogen) atoms. The van der Waals surface area contributed by atoms with E-state index in [0.717, 1.165) is 11.1 Å². The van der Waals surface area contributed by atoms with Gasteiger partial charge in [-0.05, 0) is 25.1 Å².